The number of hydrogen-bond donors (Lipinski definition) is 0. The van der Waals surface area contributed by atoms with Gasteiger partial charge >= 0.3 is 6.36 Å². The molecule has 0 bridgehead atoms. The Labute approximate surface area is 89.0 Å². The summed E-state index contributed by atoms with van der Waals surface area (Å²) in [6.45, 7) is 0.347. The Morgan fingerprint density at radius 3 is 2.44 bits per heavy atom. The monoisotopic (exact) mass is 239 g/mol. The van der Waals surface area contributed by atoms with Gasteiger partial charge in [-0.05, 0) is 6.92 Å². The van der Waals surface area contributed by atoms with Crippen molar-refractivity contribution in [2.45, 2.75) is 20.0 Å². The van der Waals surface area contributed by atoms with Crippen molar-refractivity contribution in [1.29, 1.82) is 0 Å². The van der Waals surface area contributed by atoms with Crippen LogP contribution in [0, 0.1) is 6.92 Å². The van der Waals surface area contributed by atoms with E-state index in [0.717, 1.165) is 0 Å². The van der Waals surface area contributed by atoms with Crippen LogP contribution < -0.4 is 9.47 Å². The molecule has 7 heteroatoms. The van der Waals surface area contributed by atoms with E-state index in [1.807, 2.05) is 0 Å². The molecule has 0 saturated carbocycles. The third-order valence-electron chi connectivity index (χ3n) is 1.80. The topological polar surface area (TPSA) is 31.4 Å². The molecule has 0 saturated heterocycles. The zero-order valence-corrected chi connectivity index (χ0v) is 8.56. The normalized spacial score (nSPS) is 11.4. The number of aromatic nitrogens is 1. The zero-order valence-electron chi connectivity index (χ0n) is 8.56. The van der Waals surface area contributed by atoms with E-state index in [1.54, 1.807) is 0 Å². The SMILES string of the molecule is COc1cc(CF)nc(OC(F)(F)F)c1C. The maximum Gasteiger partial charge on any atom is 0.574 e. The molecule has 0 N–H and O–H groups in total. The molecule has 0 aliphatic rings. The van der Waals surface area contributed by atoms with Crippen molar-refractivity contribution in [3.05, 3.63) is 17.3 Å². The van der Waals surface area contributed by atoms with Gasteiger partial charge in [0.2, 0.25) is 5.88 Å². The van der Waals surface area contributed by atoms with E-state index >= 15 is 0 Å². The summed E-state index contributed by atoms with van der Waals surface area (Å²) >= 11 is 0. The van der Waals surface area contributed by atoms with Gasteiger partial charge in [-0.25, -0.2) is 9.37 Å². The second-order valence-corrected chi connectivity index (χ2v) is 2.93. The molecule has 0 spiro atoms. The smallest absolute Gasteiger partial charge is 0.496 e. The number of hydrogen-bond acceptors (Lipinski definition) is 3. The van der Waals surface area contributed by atoms with E-state index in [4.69, 9.17) is 4.74 Å². The van der Waals surface area contributed by atoms with Crippen LogP contribution in [0.2, 0.25) is 0 Å². The molecule has 0 amide bonds. The lowest BCUT2D eigenvalue weighted by molar-refractivity contribution is -0.276. The third kappa shape index (κ3) is 2.98. The average molecular weight is 239 g/mol. The van der Waals surface area contributed by atoms with Gasteiger partial charge in [-0.15, -0.1) is 13.2 Å². The molecule has 1 rings (SSSR count). The number of ether oxygens (including phenoxy) is 2. The van der Waals surface area contributed by atoms with Gasteiger partial charge in [0, 0.05) is 6.07 Å². The molecular formula is C9H9F4NO2. The van der Waals surface area contributed by atoms with Gasteiger partial charge in [0.25, 0.3) is 0 Å². The number of pyridine rings is 1. The van der Waals surface area contributed by atoms with Crippen molar-refractivity contribution >= 4 is 0 Å². The lowest BCUT2D eigenvalue weighted by atomic mass is 10.2. The van der Waals surface area contributed by atoms with E-state index in [-0.39, 0.29) is 17.0 Å². The summed E-state index contributed by atoms with van der Waals surface area (Å²) in [5.74, 6) is -0.596. The van der Waals surface area contributed by atoms with Gasteiger partial charge < -0.3 is 9.47 Å². The lowest BCUT2D eigenvalue weighted by Gasteiger charge is -2.13. The summed E-state index contributed by atoms with van der Waals surface area (Å²) in [4.78, 5) is 3.39. The summed E-state index contributed by atoms with van der Waals surface area (Å²) in [6.07, 6.45) is -4.86. The van der Waals surface area contributed by atoms with E-state index in [2.05, 4.69) is 9.72 Å². The summed E-state index contributed by atoms with van der Waals surface area (Å²) in [5.41, 5.74) is -0.112. The fourth-order valence-electron chi connectivity index (χ4n) is 1.10. The Balaban J connectivity index is 3.16. The summed E-state index contributed by atoms with van der Waals surface area (Å²) in [7, 11) is 1.27. The van der Waals surface area contributed by atoms with Gasteiger partial charge in [0.05, 0.1) is 18.4 Å². The third-order valence-corrected chi connectivity index (χ3v) is 1.80. The Morgan fingerprint density at radius 2 is 2.00 bits per heavy atom. The van der Waals surface area contributed by atoms with Crippen molar-refractivity contribution in [2.75, 3.05) is 7.11 Å². The van der Waals surface area contributed by atoms with Crippen LogP contribution in [0.5, 0.6) is 11.6 Å². The maximum absolute atomic E-state index is 12.3. The molecule has 3 nitrogen and oxygen atoms in total. The van der Waals surface area contributed by atoms with Crippen molar-refractivity contribution < 1.29 is 27.0 Å². The van der Waals surface area contributed by atoms with Gasteiger partial charge in [0.1, 0.15) is 12.4 Å². The first-order valence-corrected chi connectivity index (χ1v) is 4.23. The van der Waals surface area contributed by atoms with Crippen molar-refractivity contribution in [2.24, 2.45) is 0 Å². The first kappa shape index (κ1) is 12.5. The number of nitrogens with zero attached hydrogens (tertiary/aromatic N) is 1. The minimum absolute atomic E-state index is 0.0667. The molecule has 0 unspecified atom stereocenters. The second kappa shape index (κ2) is 4.54. The summed E-state index contributed by atoms with van der Waals surface area (Å²) in [6, 6.07) is 1.22. The molecule has 16 heavy (non-hydrogen) atoms. The molecular weight excluding hydrogens is 230 g/mol. The number of methoxy groups -OCH3 is 1. The maximum atomic E-state index is 12.3. The van der Waals surface area contributed by atoms with Crippen LogP contribution in [-0.4, -0.2) is 18.5 Å². The Hall–Kier alpha value is -1.53. The fraction of sp³-hybridized carbons (Fsp3) is 0.444. The van der Waals surface area contributed by atoms with Gasteiger partial charge in [-0.2, -0.15) is 0 Å². The van der Waals surface area contributed by atoms with Gasteiger partial charge in [-0.1, -0.05) is 0 Å². The Bertz CT molecular complexity index is 379. The number of alkyl halides is 4. The first-order valence-electron chi connectivity index (χ1n) is 4.23. The standard InChI is InChI=1S/C9H9F4NO2/c1-5-7(15-2)3-6(4-10)14-8(5)16-9(11,12)13/h3H,4H2,1-2H3. The molecule has 0 atom stereocenters. The van der Waals surface area contributed by atoms with Gasteiger partial charge in [-0.3, -0.25) is 0 Å². The van der Waals surface area contributed by atoms with Crippen LogP contribution in [-0.2, 0) is 6.67 Å². The van der Waals surface area contributed by atoms with Gasteiger partial charge in [0.15, 0.2) is 0 Å². The van der Waals surface area contributed by atoms with E-state index in [9.17, 15) is 17.6 Å². The van der Waals surface area contributed by atoms with Crippen LogP contribution in [0.25, 0.3) is 0 Å². The largest absolute Gasteiger partial charge is 0.574 e. The predicted octanol–water partition coefficient (Wildman–Crippen LogP) is 2.77. The molecule has 1 aromatic rings. The average Bonchev–Trinajstić information content (AvgIpc) is 2.19. The predicted molar refractivity (Wildman–Crippen MR) is 47.0 cm³/mol. The summed E-state index contributed by atoms with van der Waals surface area (Å²) < 4.78 is 56.8. The number of halogens is 4. The van der Waals surface area contributed by atoms with Crippen LogP contribution in [0.4, 0.5) is 17.6 Å². The lowest BCUT2D eigenvalue weighted by Crippen LogP contribution is -2.19. The Morgan fingerprint density at radius 1 is 1.38 bits per heavy atom. The van der Waals surface area contributed by atoms with Crippen molar-refractivity contribution in [1.82, 2.24) is 4.98 Å². The molecule has 0 aliphatic heterocycles. The number of rotatable bonds is 3. The molecule has 1 aromatic heterocycles. The molecule has 0 aromatic carbocycles. The van der Waals surface area contributed by atoms with Crippen LogP contribution >= 0.6 is 0 Å². The minimum atomic E-state index is -4.86. The highest BCUT2D eigenvalue weighted by Crippen LogP contribution is 2.30. The molecule has 1 heterocycles. The second-order valence-electron chi connectivity index (χ2n) is 2.93. The first-order chi connectivity index (χ1) is 7.37. The molecule has 0 radical (unpaired) electrons. The molecule has 90 valence electrons. The Kier molecular flexibility index (Phi) is 3.56. The molecule has 0 fully saturated rings. The van der Waals surface area contributed by atoms with Crippen LogP contribution in [0.3, 0.4) is 0 Å². The fourth-order valence-corrected chi connectivity index (χ4v) is 1.10. The zero-order chi connectivity index (χ0) is 12.3. The highest BCUT2D eigenvalue weighted by atomic mass is 19.4. The van der Waals surface area contributed by atoms with E-state index in [0.29, 0.717) is 0 Å². The van der Waals surface area contributed by atoms with Crippen molar-refractivity contribution in [3.8, 4) is 11.6 Å². The van der Waals surface area contributed by atoms with E-state index < -0.39 is 18.9 Å². The quantitative estimate of drug-likeness (QED) is 0.760. The van der Waals surface area contributed by atoms with Crippen molar-refractivity contribution in [3.63, 3.8) is 0 Å². The minimum Gasteiger partial charge on any atom is -0.496 e. The molecule has 0 aliphatic carbocycles. The summed E-state index contributed by atoms with van der Waals surface area (Å²) in [5, 5.41) is 0. The van der Waals surface area contributed by atoms with Crippen LogP contribution in [0.1, 0.15) is 11.3 Å². The van der Waals surface area contributed by atoms with Crippen LogP contribution in [0.15, 0.2) is 6.07 Å². The van der Waals surface area contributed by atoms with E-state index in [1.165, 1.54) is 20.1 Å². The highest BCUT2D eigenvalue weighted by Gasteiger charge is 2.33. The highest BCUT2D eigenvalue weighted by molar-refractivity contribution is 5.40.